The molecule has 0 radical (unpaired) electrons. The summed E-state index contributed by atoms with van der Waals surface area (Å²) in [5.74, 6) is -0.369. The van der Waals surface area contributed by atoms with Crippen molar-refractivity contribution in [2.24, 2.45) is 5.92 Å². The van der Waals surface area contributed by atoms with E-state index in [1.54, 1.807) is 0 Å². The molecule has 0 bridgehead atoms. The first kappa shape index (κ1) is 15.6. The molecule has 3 rings (SSSR count). The molecule has 2 amide bonds. The SMILES string of the molecule is CC1C(C(F)(F)F)OC(=O)N1c1ncccc1NC(=O)C1CC1. The number of hydrogen-bond donors (Lipinski definition) is 1. The van der Waals surface area contributed by atoms with Crippen LogP contribution in [0.15, 0.2) is 18.3 Å². The lowest BCUT2D eigenvalue weighted by Crippen LogP contribution is -2.41. The number of halogens is 3. The van der Waals surface area contributed by atoms with Crippen LogP contribution in [-0.4, -0.2) is 35.3 Å². The van der Waals surface area contributed by atoms with Crippen molar-refractivity contribution < 1.29 is 27.5 Å². The van der Waals surface area contributed by atoms with Gasteiger partial charge < -0.3 is 10.1 Å². The van der Waals surface area contributed by atoms with Gasteiger partial charge in [0.25, 0.3) is 0 Å². The lowest BCUT2D eigenvalue weighted by atomic mass is 10.1. The third-order valence-corrected chi connectivity index (χ3v) is 3.81. The van der Waals surface area contributed by atoms with Crippen LogP contribution >= 0.6 is 0 Å². The van der Waals surface area contributed by atoms with Gasteiger partial charge in [-0.3, -0.25) is 9.69 Å². The van der Waals surface area contributed by atoms with Gasteiger partial charge in [-0.15, -0.1) is 0 Å². The van der Waals surface area contributed by atoms with Crippen LogP contribution in [0.4, 0.5) is 29.5 Å². The molecule has 23 heavy (non-hydrogen) atoms. The van der Waals surface area contributed by atoms with Gasteiger partial charge in [-0.2, -0.15) is 13.2 Å². The Morgan fingerprint density at radius 2 is 2.13 bits per heavy atom. The number of cyclic esters (lactones) is 1. The first-order chi connectivity index (χ1) is 10.8. The topological polar surface area (TPSA) is 71.5 Å². The summed E-state index contributed by atoms with van der Waals surface area (Å²) in [6.07, 6.45) is -5.15. The molecule has 1 aliphatic carbocycles. The quantitative estimate of drug-likeness (QED) is 0.925. The van der Waals surface area contributed by atoms with Crippen molar-refractivity contribution in [2.75, 3.05) is 10.2 Å². The molecule has 124 valence electrons. The highest BCUT2D eigenvalue weighted by atomic mass is 19.4. The second kappa shape index (κ2) is 5.39. The average Bonchev–Trinajstić information content (AvgIpc) is 3.26. The molecule has 9 heteroatoms. The molecule has 2 atom stereocenters. The van der Waals surface area contributed by atoms with Crippen LogP contribution < -0.4 is 10.2 Å². The van der Waals surface area contributed by atoms with Crippen LogP contribution in [0.5, 0.6) is 0 Å². The number of nitrogens with zero attached hydrogens (tertiary/aromatic N) is 2. The Kier molecular flexibility index (Phi) is 3.65. The Bertz CT molecular complexity index is 646. The number of pyridine rings is 1. The minimum Gasteiger partial charge on any atom is -0.434 e. The fourth-order valence-corrected chi connectivity index (χ4v) is 2.45. The number of carbonyl (C=O) groups is 2. The molecule has 2 heterocycles. The molecule has 1 aliphatic heterocycles. The summed E-state index contributed by atoms with van der Waals surface area (Å²) >= 11 is 0. The first-order valence-corrected chi connectivity index (χ1v) is 7.11. The van der Waals surface area contributed by atoms with Gasteiger partial charge in [0.05, 0.1) is 11.7 Å². The Labute approximate surface area is 129 Å². The summed E-state index contributed by atoms with van der Waals surface area (Å²) in [4.78, 5) is 28.5. The number of alkyl halides is 3. The van der Waals surface area contributed by atoms with Crippen LogP contribution in [0.25, 0.3) is 0 Å². The molecule has 0 spiro atoms. The smallest absolute Gasteiger partial charge is 0.427 e. The van der Waals surface area contributed by atoms with Crippen LogP contribution in [0.3, 0.4) is 0 Å². The second-order valence-electron chi connectivity index (χ2n) is 5.59. The molecule has 2 unspecified atom stereocenters. The van der Waals surface area contributed by atoms with E-state index in [1.165, 1.54) is 25.3 Å². The van der Waals surface area contributed by atoms with E-state index in [4.69, 9.17) is 0 Å². The Morgan fingerprint density at radius 3 is 2.70 bits per heavy atom. The maximum Gasteiger partial charge on any atom is 0.427 e. The molecule has 6 nitrogen and oxygen atoms in total. The van der Waals surface area contributed by atoms with Gasteiger partial charge >= 0.3 is 12.3 Å². The van der Waals surface area contributed by atoms with Crippen molar-refractivity contribution in [1.29, 1.82) is 0 Å². The van der Waals surface area contributed by atoms with Crippen molar-refractivity contribution in [3.8, 4) is 0 Å². The van der Waals surface area contributed by atoms with Crippen LogP contribution in [0.1, 0.15) is 19.8 Å². The fraction of sp³-hybridized carbons (Fsp3) is 0.500. The fourth-order valence-electron chi connectivity index (χ4n) is 2.45. The zero-order valence-corrected chi connectivity index (χ0v) is 12.1. The lowest BCUT2D eigenvalue weighted by molar-refractivity contribution is -0.198. The molecule has 0 aromatic carbocycles. The first-order valence-electron chi connectivity index (χ1n) is 7.11. The van der Waals surface area contributed by atoms with Crippen molar-refractivity contribution >= 4 is 23.5 Å². The summed E-state index contributed by atoms with van der Waals surface area (Å²) in [6, 6.07) is 1.73. The second-order valence-corrected chi connectivity index (χ2v) is 5.59. The van der Waals surface area contributed by atoms with E-state index >= 15 is 0 Å². The summed E-state index contributed by atoms with van der Waals surface area (Å²) in [5, 5.41) is 2.61. The van der Waals surface area contributed by atoms with Gasteiger partial charge in [-0.1, -0.05) is 0 Å². The van der Waals surface area contributed by atoms with Crippen molar-refractivity contribution in [3.63, 3.8) is 0 Å². The van der Waals surface area contributed by atoms with Gasteiger partial charge in [0.2, 0.25) is 12.0 Å². The lowest BCUT2D eigenvalue weighted by Gasteiger charge is -2.23. The van der Waals surface area contributed by atoms with Gasteiger partial charge in [0.1, 0.15) is 0 Å². The number of carbonyl (C=O) groups excluding carboxylic acids is 2. The molecular weight excluding hydrogens is 315 g/mol. The largest absolute Gasteiger partial charge is 0.434 e. The molecule has 2 aliphatic rings. The highest BCUT2D eigenvalue weighted by Gasteiger charge is 2.55. The van der Waals surface area contributed by atoms with Crippen LogP contribution in [-0.2, 0) is 9.53 Å². The number of rotatable bonds is 3. The minimum absolute atomic E-state index is 0.0502. The maximum atomic E-state index is 12.9. The number of aromatic nitrogens is 1. The number of ether oxygens (including phenoxy) is 1. The van der Waals surface area contributed by atoms with E-state index < -0.39 is 24.4 Å². The van der Waals surface area contributed by atoms with E-state index in [9.17, 15) is 22.8 Å². The molecule has 1 saturated carbocycles. The highest BCUT2D eigenvalue weighted by Crippen LogP contribution is 2.38. The number of nitrogens with one attached hydrogen (secondary N) is 1. The maximum absolute atomic E-state index is 12.9. The highest BCUT2D eigenvalue weighted by molar-refractivity contribution is 6.00. The van der Waals surface area contributed by atoms with Crippen molar-refractivity contribution in [1.82, 2.24) is 4.98 Å². The van der Waals surface area contributed by atoms with E-state index in [-0.39, 0.29) is 23.3 Å². The molecule has 1 aromatic heterocycles. The van der Waals surface area contributed by atoms with E-state index in [0.717, 1.165) is 17.7 Å². The number of hydrogen-bond acceptors (Lipinski definition) is 4. The summed E-state index contributed by atoms with van der Waals surface area (Å²) in [7, 11) is 0. The van der Waals surface area contributed by atoms with Gasteiger partial charge in [0.15, 0.2) is 5.82 Å². The third-order valence-electron chi connectivity index (χ3n) is 3.81. The number of amides is 2. The van der Waals surface area contributed by atoms with E-state index in [2.05, 4.69) is 15.0 Å². The van der Waals surface area contributed by atoms with Crippen LogP contribution in [0, 0.1) is 5.92 Å². The number of anilines is 2. The van der Waals surface area contributed by atoms with Crippen LogP contribution in [0.2, 0.25) is 0 Å². The monoisotopic (exact) mass is 329 g/mol. The minimum atomic E-state index is -4.67. The van der Waals surface area contributed by atoms with E-state index in [1.807, 2.05) is 0 Å². The summed E-state index contributed by atoms with van der Waals surface area (Å²) < 4.78 is 43.1. The molecule has 2 fully saturated rings. The Morgan fingerprint density at radius 1 is 1.43 bits per heavy atom. The average molecular weight is 329 g/mol. The Hall–Kier alpha value is -2.32. The molecule has 1 saturated heterocycles. The standard InChI is InChI=1S/C14H14F3N3O3/c1-7-10(14(15,16)17)23-13(22)20(7)11-9(3-2-6-18-11)19-12(21)8-4-5-8/h2-3,6-8,10H,4-5H2,1H3,(H,19,21). The summed E-state index contributed by atoms with van der Waals surface area (Å²) in [5.41, 5.74) is 0.191. The Balaban J connectivity index is 1.89. The van der Waals surface area contributed by atoms with Gasteiger partial charge in [-0.05, 0) is 31.9 Å². The zero-order chi connectivity index (χ0) is 16.8. The summed E-state index contributed by atoms with van der Waals surface area (Å²) in [6.45, 7) is 1.23. The predicted molar refractivity (Wildman–Crippen MR) is 73.9 cm³/mol. The van der Waals surface area contributed by atoms with Gasteiger partial charge in [0, 0.05) is 12.1 Å². The third kappa shape index (κ3) is 2.95. The van der Waals surface area contributed by atoms with Crippen molar-refractivity contribution in [3.05, 3.63) is 18.3 Å². The zero-order valence-electron chi connectivity index (χ0n) is 12.1. The van der Waals surface area contributed by atoms with E-state index in [0.29, 0.717) is 0 Å². The molecule has 1 N–H and O–H groups in total. The predicted octanol–water partition coefficient (Wildman–Crippen LogP) is 2.71. The molecule has 1 aromatic rings. The normalized spacial score (nSPS) is 24.5. The van der Waals surface area contributed by atoms with Gasteiger partial charge in [-0.25, -0.2) is 9.78 Å². The molecular formula is C14H14F3N3O3. The van der Waals surface area contributed by atoms with Crippen molar-refractivity contribution in [2.45, 2.75) is 38.1 Å².